The number of carbonyl (C=O) groups is 3. The lowest BCUT2D eigenvalue weighted by Crippen LogP contribution is -2.46. The predicted octanol–water partition coefficient (Wildman–Crippen LogP) is 2.58. The normalized spacial score (nSPS) is 16.3. The number of aromatic nitrogens is 1. The number of hydrazone groups is 1. The minimum absolute atomic E-state index is 0.0831. The maximum Gasteiger partial charge on any atom is 0.294 e. The molecule has 0 atom stereocenters. The van der Waals surface area contributed by atoms with Gasteiger partial charge in [-0.05, 0) is 45.1 Å². The van der Waals surface area contributed by atoms with Gasteiger partial charge in [-0.1, -0.05) is 0 Å². The standard InChI is InChI=1S/C22H22F3N5O3/c1-10-16(20(32)27-12-8-13(23)17(25)14(24)9-12)15-4-3-7-30(15)18(10)19(31)21(33)28-22(5-6-22)11(2)29-26/h8-9H,3-7,26H2,1-2H3,(H,27,32)(H,28,33)/b29-11+. The van der Waals surface area contributed by atoms with Crippen molar-refractivity contribution < 1.29 is 27.6 Å². The highest BCUT2D eigenvalue weighted by Gasteiger charge is 2.48. The summed E-state index contributed by atoms with van der Waals surface area (Å²) in [5, 5.41) is 8.67. The van der Waals surface area contributed by atoms with Crippen molar-refractivity contribution in [3.63, 3.8) is 0 Å². The van der Waals surface area contributed by atoms with Crippen LogP contribution in [0.25, 0.3) is 0 Å². The van der Waals surface area contributed by atoms with E-state index >= 15 is 0 Å². The number of anilines is 1. The lowest BCUT2D eigenvalue weighted by molar-refractivity contribution is -0.117. The topological polar surface area (TPSA) is 119 Å². The van der Waals surface area contributed by atoms with E-state index in [-0.39, 0.29) is 22.5 Å². The van der Waals surface area contributed by atoms with Crippen LogP contribution < -0.4 is 16.5 Å². The van der Waals surface area contributed by atoms with Crippen LogP contribution in [0.1, 0.15) is 58.3 Å². The molecule has 0 saturated heterocycles. The number of carbonyl (C=O) groups excluding carboxylic acids is 3. The van der Waals surface area contributed by atoms with Crippen LogP contribution in [0, 0.1) is 24.4 Å². The molecule has 8 nitrogen and oxygen atoms in total. The van der Waals surface area contributed by atoms with Crippen LogP contribution in [-0.4, -0.2) is 33.4 Å². The number of halogens is 3. The monoisotopic (exact) mass is 461 g/mol. The first-order chi connectivity index (χ1) is 15.6. The number of nitrogens with zero attached hydrogens (tertiary/aromatic N) is 2. The molecule has 2 heterocycles. The Morgan fingerprint density at radius 3 is 2.36 bits per heavy atom. The molecule has 2 amide bonds. The van der Waals surface area contributed by atoms with E-state index in [1.807, 2.05) is 0 Å². The van der Waals surface area contributed by atoms with Crippen LogP contribution in [0.5, 0.6) is 0 Å². The first-order valence-corrected chi connectivity index (χ1v) is 10.4. The van der Waals surface area contributed by atoms with Gasteiger partial charge in [0.05, 0.1) is 22.5 Å². The third-order valence-corrected chi connectivity index (χ3v) is 6.29. The van der Waals surface area contributed by atoms with Gasteiger partial charge in [0.25, 0.3) is 17.6 Å². The lowest BCUT2D eigenvalue weighted by atomic mass is 10.0. The van der Waals surface area contributed by atoms with Crippen molar-refractivity contribution >= 4 is 29.0 Å². The maximum absolute atomic E-state index is 13.5. The van der Waals surface area contributed by atoms with Gasteiger partial charge in [0.15, 0.2) is 17.5 Å². The summed E-state index contributed by atoms with van der Waals surface area (Å²) in [7, 11) is 0. The van der Waals surface area contributed by atoms with Crippen molar-refractivity contribution in [2.24, 2.45) is 10.9 Å². The van der Waals surface area contributed by atoms with Gasteiger partial charge in [0.1, 0.15) is 0 Å². The van der Waals surface area contributed by atoms with E-state index < -0.39 is 40.6 Å². The summed E-state index contributed by atoms with van der Waals surface area (Å²) in [6.07, 6.45) is 2.36. The maximum atomic E-state index is 13.5. The number of Topliss-reactive ketones (excluding diaryl/α,β-unsaturated/α-hetero) is 1. The Morgan fingerprint density at radius 2 is 1.79 bits per heavy atom. The molecule has 4 rings (SSSR count). The average molecular weight is 461 g/mol. The van der Waals surface area contributed by atoms with E-state index in [9.17, 15) is 27.6 Å². The third kappa shape index (κ3) is 3.77. The van der Waals surface area contributed by atoms with Gasteiger partial charge in [0, 0.05) is 30.1 Å². The highest BCUT2D eigenvalue weighted by atomic mass is 19.2. The summed E-state index contributed by atoms with van der Waals surface area (Å²) in [6.45, 7) is 3.64. The Balaban J connectivity index is 1.64. The summed E-state index contributed by atoms with van der Waals surface area (Å²) >= 11 is 0. The molecule has 33 heavy (non-hydrogen) atoms. The summed E-state index contributed by atoms with van der Waals surface area (Å²) in [5.41, 5.74) is 0.567. The molecular weight excluding hydrogens is 439 g/mol. The van der Waals surface area contributed by atoms with Gasteiger partial charge in [-0.2, -0.15) is 5.10 Å². The molecular formula is C22H22F3N5O3. The lowest BCUT2D eigenvalue weighted by Gasteiger charge is -2.16. The minimum Gasteiger partial charge on any atom is -0.341 e. The van der Waals surface area contributed by atoms with E-state index in [1.165, 1.54) is 6.92 Å². The van der Waals surface area contributed by atoms with Crippen molar-refractivity contribution in [2.45, 2.75) is 51.6 Å². The van der Waals surface area contributed by atoms with E-state index in [0.717, 1.165) is 0 Å². The molecule has 0 bridgehead atoms. The number of fused-ring (bicyclic) bond motifs is 1. The molecule has 1 saturated carbocycles. The second kappa shape index (κ2) is 8.05. The molecule has 4 N–H and O–H groups in total. The van der Waals surface area contributed by atoms with Crippen LogP contribution in [0.3, 0.4) is 0 Å². The molecule has 0 spiro atoms. The zero-order valence-electron chi connectivity index (χ0n) is 18.0. The molecule has 1 aromatic heterocycles. The van der Waals surface area contributed by atoms with Crippen molar-refractivity contribution in [1.29, 1.82) is 0 Å². The molecule has 1 aromatic carbocycles. The quantitative estimate of drug-likeness (QED) is 0.153. The van der Waals surface area contributed by atoms with Crippen LogP contribution in [-0.2, 0) is 17.8 Å². The van der Waals surface area contributed by atoms with Crippen molar-refractivity contribution in [1.82, 2.24) is 9.88 Å². The number of nitrogens with two attached hydrogens (primary N) is 1. The minimum atomic E-state index is -1.64. The van der Waals surface area contributed by atoms with Crippen molar-refractivity contribution in [3.8, 4) is 0 Å². The van der Waals surface area contributed by atoms with Crippen molar-refractivity contribution in [2.75, 3.05) is 5.32 Å². The van der Waals surface area contributed by atoms with Gasteiger partial charge in [0.2, 0.25) is 0 Å². The number of rotatable bonds is 6. The predicted molar refractivity (Wildman–Crippen MR) is 113 cm³/mol. The first kappa shape index (κ1) is 22.6. The van der Waals surface area contributed by atoms with Gasteiger partial charge in [-0.3, -0.25) is 14.4 Å². The molecule has 2 aliphatic rings. The van der Waals surface area contributed by atoms with Crippen LogP contribution in [0.15, 0.2) is 17.2 Å². The van der Waals surface area contributed by atoms with Gasteiger partial charge >= 0.3 is 0 Å². The number of nitrogens with one attached hydrogen (secondary N) is 2. The van der Waals surface area contributed by atoms with E-state index in [4.69, 9.17) is 5.84 Å². The molecule has 2 aromatic rings. The molecule has 174 valence electrons. The smallest absolute Gasteiger partial charge is 0.294 e. The fourth-order valence-corrected chi connectivity index (χ4v) is 4.34. The molecule has 1 aliphatic carbocycles. The summed E-state index contributed by atoms with van der Waals surface area (Å²) < 4.78 is 41.9. The first-order valence-electron chi connectivity index (χ1n) is 10.4. The SMILES string of the molecule is C/C(=N\N)C1(NC(=O)C(=O)c2c(C)c(C(=O)Nc3cc(F)c(F)c(F)c3)c3n2CCC3)CC1. The molecule has 0 unspecified atom stereocenters. The third-order valence-electron chi connectivity index (χ3n) is 6.29. The molecule has 0 radical (unpaired) electrons. The largest absolute Gasteiger partial charge is 0.341 e. The Labute approximate surface area is 187 Å². The fraction of sp³-hybridized carbons (Fsp3) is 0.364. The molecule has 1 fully saturated rings. The zero-order chi connectivity index (χ0) is 24.1. The Hall–Kier alpha value is -3.63. The van der Waals surface area contributed by atoms with Crippen LogP contribution in [0.2, 0.25) is 0 Å². The molecule has 1 aliphatic heterocycles. The highest BCUT2D eigenvalue weighted by Crippen LogP contribution is 2.37. The number of hydrogen-bond donors (Lipinski definition) is 3. The van der Waals surface area contributed by atoms with Gasteiger partial charge in [-0.25, -0.2) is 13.2 Å². The molecule has 11 heteroatoms. The number of amides is 2. The Bertz CT molecular complexity index is 1210. The fourth-order valence-electron chi connectivity index (χ4n) is 4.34. The summed E-state index contributed by atoms with van der Waals surface area (Å²) in [4.78, 5) is 38.8. The van der Waals surface area contributed by atoms with Crippen LogP contribution in [0.4, 0.5) is 18.9 Å². The Kier molecular flexibility index (Phi) is 5.51. The second-order valence-corrected chi connectivity index (χ2v) is 8.34. The summed E-state index contributed by atoms with van der Waals surface area (Å²) in [5.74, 6) is -1.56. The second-order valence-electron chi connectivity index (χ2n) is 8.34. The van der Waals surface area contributed by atoms with Crippen LogP contribution >= 0.6 is 0 Å². The number of ketones is 1. The van der Waals surface area contributed by atoms with Crippen molar-refractivity contribution in [3.05, 3.63) is 52.1 Å². The van der Waals surface area contributed by atoms with Gasteiger partial charge < -0.3 is 21.0 Å². The van der Waals surface area contributed by atoms with E-state index in [2.05, 4.69) is 15.7 Å². The summed E-state index contributed by atoms with van der Waals surface area (Å²) in [6, 6.07) is 1.33. The number of benzene rings is 1. The van der Waals surface area contributed by atoms with Gasteiger partial charge in [-0.15, -0.1) is 0 Å². The highest BCUT2D eigenvalue weighted by molar-refractivity contribution is 6.43. The van der Waals surface area contributed by atoms with E-state index in [1.54, 1.807) is 11.5 Å². The average Bonchev–Trinajstić information content (AvgIpc) is 3.30. The number of hydrogen-bond acceptors (Lipinski definition) is 5. The zero-order valence-corrected chi connectivity index (χ0v) is 18.0. The van der Waals surface area contributed by atoms with E-state index in [0.29, 0.717) is 55.8 Å². The Morgan fingerprint density at radius 1 is 1.15 bits per heavy atom.